The van der Waals surface area contributed by atoms with E-state index in [4.69, 9.17) is 0 Å². The van der Waals surface area contributed by atoms with E-state index in [-0.39, 0.29) is 0 Å². The number of tetrazole rings is 1. The van der Waals surface area contributed by atoms with Crippen LogP contribution in [0.4, 0.5) is 5.82 Å². The minimum Gasteiger partial charge on any atom is -0.369 e. The number of anilines is 1. The summed E-state index contributed by atoms with van der Waals surface area (Å²) in [6.07, 6.45) is 10.7. The SMILES string of the molecule is CCCCCCCCCCNc1ccc2nnnn2n1. The van der Waals surface area contributed by atoms with Crippen LogP contribution >= 0.6 is 0 Å². The van der Waals surface area contributed by atoms with Crippen LogP contribution in [0.3, 0.4) is 0 Å². The predicted molar refractivity (Wildman–Crippen MR) is 79.7 cm³/mol. The Morgan fingerprint density at radius 1 is 1.00 bits per heavy atom. The van der Waals surface area contributed by atoms with Crippen LogP contribution in [0.15, 0.2) is 12.1 Å². The fourth-order valence-electron chi connectivity index (χ4n) is 2.22. The highest BCUT2D eigenvalue weighted by Crippen LogP contribution is 2.09. The Morgan fingerprint density at radius 2 is 1.75 bits per heavy atom. The second kappa shape index (κ2) is 8.45. The zero-order valence-electron chi connectivity index (χ0n) is 12.3. The summed E-state index contributed by atoms with van der Waals surface area (Å²) in [5, 5.41) is 18.7. The first-order valence-electron chi connectivity index (χ1n) is 7.69. The molecule has 0 saturated heterocycles. The Morgan fingerprint density at radius 3 is 2.55 bits per heavy atom. The summed E-state index contributed by atoms with van der Waals surface area (Å²) < 4.78 is 1.44. The van der Waals surface area contributed by atoms with Gasteiger partial charge in [0.1, 0.15) is 5.82 Å². The lowest BCUT2D eigenvalue weighted by Crippen LogP contribution is -2.06. The average Bonchev–Trinajstić information content (AvgIpc) is 2.93. The molecule has 0 spiro atoms. The van der Waals surface area contributed by atoms with Crippen molar-refractivity contribution in [2.24, 2.45) is 0 Å². The van der Waals surface area contributed by atoms with E-state index in [9.17, 15) is 0 Å². The van der Waals surface area contributed by atoms with Gasteiger partial charge in [0.05, 0.1) is 0 Å². The highest BCUT2D eigenvalue weighted by Gasteiger charge is 1.99. The van der Waals surface area contributed by atoms with Gasteiger partial charge in [-0.15, -0.1) is 14.8 Å². The molecule has 0 aliphatic rings. The van der Waals surface area contributed by atoms with Gasteiger partial charge in [0.15, 0.2) is 5.65 Å². The van der Waals surface area contributed by atoms with E-state index in [1.807, 2.05) is 12.1 Å². The van der Waals surface area contributed by atoms with Gasteiger partial charge >= 0.3 is 0 Å². The molecule has 2 heterocycles. The molecule has 0 aromatic carbocycles. The van der Waals surface area contributed by atoms with Crippen LogP contribution in [-0.2, 0) is 0 Å². The van der Waals surface area contributed by atoms with Crippen LogP contribution in [0.5, 0.6) is 0 Å². The first-order valence-corrected chi connectivity index (χ1v) is 7.69. The largest absolute Gasteiger partial charge is 0.369 e. The van der Waals surface area contributed by atoms with Crippen LogP contribution in [0.1, 0.15) is 58.3 Å². The van der Waals surface area contributed by atoms with E-state index >= 15 is 0 Å². The third kappa shape index (κ3) is 4.75. The van der Waals surface area contributed by atoms with Crippen molar-refractivity contribution in [3.63, 3.8) is 0 Å². The quantitative estimate of drug-likeness (QED) is 0.675. The minimum absolute atomic E-state index is 0.669. The van der Waals surface area contributed by atoms with Gasteiger partial charge in [0.2, 0.25) is 0 Å². The zero-order chi connectivity index (χ0) is 14.0. The van der Waals surface area contributed by atoms with Crippen molar-refractivity contribution < 1.29 is 0 Å². The van der Waals surface area contributed by atoms with Crippen LogP contribution in [-0.4, -0.2) is 31.8 Å². The van der Waals surface area contributed by atoms with Gasteiger partial charge in [0, 0.05) is 6.54 Å². The van der Waals surface area contributed by atoms with Crippen molar-refractivity contribution in [3.05, 3.63) is 12.1 Å². The lowest BCUT2D eigenvalue weighted by Gasteiger charge is -2.05. The van der Waals surface area contributed by atoms with E-state index in [1.165, 1.54) is 56.0 Å². The normalized spacial score (nSPS) is 11.1. The molecule has 1 N–H and O–H groups in total. The Kier molecular flexibility index (Phi) is 6.20. The highest BCUT2D eigenvalue weighted by molar-refractivity contribution is 5.41. The molecule has 0 fully saturated rings. The third-order valence-corrected chi connectivity index (χ3v) is 3.41. The molecule has 2 rings (SSSR count). The number of unbranched alkanes of at least 4 members (excludes halogenated alkanes) is 7. The van der Waals surface area contributed by atoms with Crippen molar-refractivity contribution in [2.45, 2.75) is 58.3 Å². The second-order valence-corrected chi connectivity index (χ2v) is 5.15. The minimum atomic E-state index is 0.669. The van der Waals surface area contributed by atoms with Gasteiger partial charge < -0.3 is 5.32 Å². The Labute approximate surface area is 120 Å². The molecule has 0 bridgehead atoms. The number of hydrogen-bond acceptors (Lipinski definition) is 5. The summed E-state index contributed by atoms with van der Waals surface area (Å²) in [6.45, 7) is 3.21. The highest BCUT2D eigenvalue weighted by atomic mass is 15.6. The molecule has 0 unspecified atom stereocenters. The zero-order valence-corrected chi connectivity index (χ0v) is 12.3. The molecule has 2 aromatic heterocycles. The molecule has 6 heteroatoms. The summed E-state index contributed by atoms with van der Waals surface area (Å²) in [6, 6.07) is 3.78. The fourth-order valence-corrected chi connectivity index (χ4v) is 2.22. The predicted octanol–water partition coefficient (Wildman–Crippen LogP) is 3.07. The van der Waals surface area contributed by atoms with E-state index in [0.29, 0.717) is 5.65 Å². The lowest BCUT2D eigenvalue weighted by atomic mass is 10.1. The molecule has 0 saturated carbocycles. The first-order chi connectivity index (χ1) is 9.90. The Hall–Kier alpha value is -1.72. The molecule has 0 atom stereocenters. The maximum absolute atomic E-state index is 4.27. The summed E-state index contributed by atoms with van der Waals surface area (Å²) >= 11 is 0. The number of fused-ring (bicyclic) bond motifs is 1. The van der Waals surface area contributed by atoms with E-state index in [2.05, 4.69) is 32.9 Å². The number of aromatic nitrogens is 5. The Bertz CT molecular complexity index is 495. The number of hydrogen-bond donors (Lipinski definition) is 1. The van der Waals surface area contributed by atoms with Crippen LogP contribution in [0.2, 0.25) is 0 Å². The molecule has 0 aliphatic heterocycles. The number of nitrogens with one attached hydrogen (secondary N) is 1. The summed E-state index contributed by atoms with van der Waals surface area (Å²) in [7, 11) is 0. The van der Waals surface area contributed by atoms with E-state index in [0.717, 1.165) is 12.4 Å². The fraction of sp³-hybridized carbons (Fsp3) is 0.714. The molecule has 6 nitrogen and oxygen atoms in total. The van der Waals surface area contributed by atoms with Crippen LogP contribution < -0.4 is 5.32 Å². The van der Waals surface area contributed by atoms with E-state index < -0.39 is 0 Å². The lowest BCUT2D eigenvalue weighted by molar-refractivity contribution is 0.580. The van der Waals surface area contributed by atoms with Gasteiger partial charge in [-0.1, -0.05) is 51.9 Å². The van der Waals surface area contributed by atoms with Crippen molar-refractivity contribution in [1.82, 2.24) is 25.3 Å². The molecule has 0 radical (unpaired) electrons. The molecular weight excluding hydrogens is 252 g/mol. The van der Waals surface area contributed by atoms with Crippen molar-refractivity contribution in [3.8, 4) is 0 Å². The summed E-state index contributed by atoms with van der Waals surface area (Å²) in [5.41, 5.74) is 0.669. The maximum Gasteiger partial charge on any atom is 0.200 e. The molecule has 0 amide bonds. The summed E-state index contributed by atoms with van der Waals surface area (Å²) in [5.74, 6) is 0.827. The molecule has 0 aliphatic carbocycles. The van der Waals surface area contributed by atoms with Gasteiger partial charge in [-0.05, 0) is 29.0 Å². The first kappa shape index (κ1) is 14.7. The molecule has 20 heavy (non-hydrogen) atoms. The van der Waals surface area contributed by atoms with Gasteiger partial charge in [-0.2, -0.15) is 0 Å². The maximum atomic E-state index is 4.27. The van der Waals surface area contributed by atoms with Crippen molar-refractivity contribution >= 4 is 11.5 Å². The van der Waals surface area contributed by atoms with Gasteiger partial charge in [0.25, 0.3) is 0 Å². The van der Waals surface area contributed by atoms with Crippen molar-refractivity contribution in [2.75, 3.05) is 11.9 Å². The van der Waals surface area contributed by atoms with Crippen molar-refractivity contribution in [1.29, 1.82) is 0 Å². The molecule has 110 valence electrons. The average molecular weight is 276 g/mol. The number of rotatable bonds is 10. The number of nitrogens with zero attached hydrogens (tertiary/aromatic N) is 5. The third-order valence-electron chi connectivity index (χ3n) is 3.41. The molecular formula is C14H24N6. The second-order valence-electron chi connectivity index (χ2n) is 5.15. The standard InChI is InChI=1S/C14H24N6/c1-2-3-4-5-6-7-8-9-12-15-13-10-11-14-16-18-19-20(14)17-13/h10-11H,2-9,12H2,1H3,(H,15,17). The molecule has 2 aromatic rings. The van der Waals surface area contributed by atoms with Crippen LogP contribution in [0.25, 0.3) is 5.65 Å². The van der Waals surface area contributed by atoms with E-state index in [1.54, 1.807) is 0 Å². The van der Waals surface area contributed by atoms with Crippen LogP contribution in [0, 0.1) is 0 Å². The van der Waals surface area contributed by atoms with Gasteiger partial charge in [-0.3, -0.25) is 0 Å². The topological polar surface area (TPSA) is 68.0 Å². The van der Waals surface area contributed by atoms with Gasteiger partial charge in [-0.25, -0.2) is 0 Å². The monoisotopic (exact) mass is 276 g/mol. The summed E-state index contributed by atoms with van der Waals surface area (Å²) in [4.78, 5) is 0. The smallest absolute Gasteiger partial charge is 0.200 e. The Balaban J connectivity index is 1.54.